The van der Waals surface area contributed by atoms with Crippen molar-refractivity contribution in [1.82, 2.24) is 8.61 Å². The lowest BCUT2D eigenvalue weighted by Crippen LogP contribution is -2.48. The molecule has 2 heterocycles. The van der Waals surface area contributed by atoms with E-state index in [0.717, 1.165) is 44.1 Å². The third-order valence-corrected chi connectivity index (χ3v) is 7.57. The topological polar surface area (TPSA) is 69.7 Å². The minimum Gasteiger partial charge on any atom is -0.318 e. The van der Waals surface area contributed by atoms with Gasteiger partial charge in [0.2, 0.25) is 0 Å². The van der Waals surface area contributed by atoms with E-state index in [1.165, 1.54) is 12.1 Å². The second-order valence-electron chi connectivity index (χ2n) is 7.66. The van der Waals surface area contributed by atoms with Crippen molar-refractivity contribution in [2.45, 2.75) is 44.7 Å². The van der Waals surface area contributed by atoms with Crippen LogP contribution in [0, 0.1) is 5.92 Å². The van der Waals surface area contributed by atoms with Crippen molar-refractivity contribution in [2.75, 3.05) is 31.5 Å². The van der Waals surface area contributed by atoms with Crippen molar-refractivity contribution in [3.63, 3.8) is 0 Å². The fraction of sp³-hybridized carbons (Fsp3) is 0.632. The van der Waals surface area contributed by atoms with E-state index in [1.54, 1.807) is 20.7 Å². The van der Waals surface area contributed by atoms with Gasteiger partial charge >= 0.3 is 12.1 Å². The number of benzene rings is 1. The SMILES string of the molecule is O=C(Nc1ccc(CC2CCN(S(=O)(=O)N3CCCCC3)CC2)cc1)C(F)(F)F. The highest BCUT2D eigenvalue weighted by Gasteiger charge is 2.38. The molecule has 1 aromatic carbocycles. The molecule has 1 aromatic rings. The molecule has 2 aliphatic heterocycles. The number of halogens is 3. The van der Waals surface area contributed by atoms with Gasteiger partial charge in [0.1, 0.15) is 0 Å². The van der Waals surface area contributed by atoms with Crippen LogP contribution < -0.4 is 5.32 Å². The number of nitrogens with one attached hydrogen (secondary N) is 1. The number of anilines is 1. The zero-order chi connectivity index (χ0) is 21.1. The van der Waals surface area contributed by atoms with Crippen LogP contribution in [0.5, 0.6) is 0 Å². The molecular weight excluding hydrogens is 407 g/mol. The first-order valence-electron chi connectivity index (χ1n) is 9.88. The Kier molecular flexibility index (Phi) is 6.85. The van der Waals surface area contributed by atoms with Crippen molar-refractivity contribution in [3.8, 4) is 0 Å². The molecule has 2 aliphatic rings. The van der Waals surface area contributed by atoms with Crippen LogP contribution in [-0.4, -0.2) is 55.3 Å². The predicted molar refractivity (Wildman–Crippen MR) is 103 cm³/mol. The van der Waals surface area contributed by atoms with Crippen LogP contribution in [0.15, 0.2) is 24.3 Å². The Labute approximate surface area is 169 Å². The minimum absolute atomic E-state index is 0.0959. The van der Waals surface area contributed by atoms with E-state index >= 15 is 0 Å². The number of piperidine rings is 2. The molecule has 6 nitrogen and oxygen atoms in total. The summed E-state index contributed by atoms with van der Waals surface area (Å²) in [6.45, 7) is 2.17. The van der Waals surface area contributed by atoms with Crippen molar-refractivity contribution in [2.24, 2.45) is 5.92 Å². The Hall–Kier alpha value is -1.65. The molecule has 29 heavy (non-hydrogen) atoms. The van der Waals surface area contributed by atoms with Crippen LogP contribution in [-0.2, 0) is 21.4 Å². The second kappa shape index (κ2) is 9.01. The average Bonchev–Trinajstić information content (AvgIpc) is 2.70. The lowest BCUT2D eigenvalue weighted by Gasteiger charge is -2.36. The van der Waals surface area contributed by atoms with Gasteiger partial charge in [-0.05, 0) is 55.7 Å². The third kappa shape index (κ3) is 5.70. The van der Waals surface area contributed by atoms with E-state index in [1.807, 2.05) is 5.32 Å². The Balaban J connectivity index is 1.50. The van der Waals surface area contributed by atoms with Gasteiger partial charge in [0.15, 0.2) is 0 Å². The summed E-state index contributed by atoms with van der Waals surface area (Å²) < 4.78 is 65.5. The highest BCUT2D eigenvalue weighted by Crippen LogP contribution is 2.26. The average molecular weight is 433 g/mol. The fourth-order valence-electron chi connectivity index (χ4n) is 3.86. The minimum atomic E-state index is -4.92. The largest absolute Gasteiger partial charge is 0.471 e. The molecule has 0 bridgehead atoms. The van der Waals surface area contributed by atoms with E-state index in [4.69, 9.17) is 0 Å². The van der Waals surface area contributed by atoms with Gasteiger partial charge in [-0.25, -0.2) is 0 Å². The smallest absolute Gasteiger partial charge is 0.318 e. The molecular formula is C19H26F3N3O3S. The second-order valence-corrected chi connectivity index (χ2v) is 9.59. The molecule has 0 saturated carbocycles. The predicted octanol–water partition coefficient (Wildman–Crippen LogP) is 3.17. The summed E-state index contributed by atoms with van der Waals surface area (Å²) in [5.74, 6) is -1.68. The van der Waals surface area contributed by atoms with Gasteiger partial charge in [0, 0.05) is 31.9 Å². The summed E-state index contributed by atoms with van der Waals surface area (Å²) in [4.78, 5) is 11.0. The number of nitrogens with zero attached hydrogens (tertiary/aromatic N) is 2. The van der Waals surface area contributed by atoms with Crippen molar-refractivity contribution in [1.29, 1.82) is 0 Å². The summed E-state index contributed by atoms with van der Waals surface area (Å²) in [7, 11) is -3.38. The first-order chi connectivity index (χ1) is 13.7. The maximum absolute atomic E-state index is 12.7. The van der Waals surface area contributed by atoms with Crippen LogP contribution in [0.3, 0.4) is 0 Å². The van der Waals surface area contributed by atoms with E-state index in [2.05, 4.69) is 0 Å². The molecule has 0 atom stereocenters. The number of alkyl halides is 3. The molecule has 0 radical (unpaired) electrons. The van der Waals surface area contributed by atoms with Crippen molar-refractivity contribution < 1.29 is 26.4 Å². The maximum atomic E-state index is 12.7. The Morgan fingerprint density at radius 1 is 0.966 bits per heavy atom. The maximum Gasteiger partial charge on any atom is 0.471 e. The number of carbonyl (C=O) groups excluding carboxylic acids is 1. The van der Waals surface area contributed by atoms with Crippen LogP contribution in [0.4, 0.5) is 18.9 Å². The van der Waals surface area contributed by atoms with Gasteiger partial charge in [-0.2, -0.15) is 30.2 Å². The molecule has 0 aromatic heterocycles. The van der Waals surface area contributed by atoms with Crippen LogP contribution in [0.2, 0.25) is 0 Å². The van der Waals surface area contributed by atoms with Gasteiger partial charge in [0.05, 0.1) is 0 Å². The van der Waals surface area contributed by atoms with Gasteiger partial charge in [-0.15, -0.1) is 0 Å². The van der Waals surface area contributed by atoms with Gasteiger partial charge in [-0.1, -0.05) is 18.6 Å². The van der Waals surface area contributed by atoms with Crippen LogP contribution in [0.25, 0.3) is 0 Å². The van der Waals surface area contributed by atoms with Crippen LogP contribution >= 0.6 is 0 Å². The van der Waals surface area contributed by atoms with Crippen LogP contribution in [0.1, 0.15) is 37.7 Å². The molecule has 1 amide bonds. The van der Waals surface area contributed by atoms with E-state index in [9.17, 15) is 26.4 Å². The lowest BCUT2D eigenvalue weighted by atomic mass is 9.91. The van der Waals surface area contributed by atoms with Crippen molar-refractivity contribution >= 4 is 21.8 Å². The molecule has 2 fully saturated rings. The molecule has 3 rings (SSSR count). The molecule has 0 unspecified atom stereocenters. The zero-order valence-corrected chi connectivity index (χ0v) is 16.9. The van der Waals surface area contributed by atoms with E-state index in [-0.39, 0.29) is 5.69 Å². The number of rotatable bonds is 5. The summed E-state index contributed by atoms with van der Waals surface area (Å²) in [5, 5.41) is 1.82. The molecule has 0 aliphatic carbocycles. The van der Waals surface area contributed by atoms with Crippen molar-refractivity contribution in [3.05, 3.63) is 29.8 Å². The quantitative estimate of drug-likeness (QED) is 0.776. The molecule has 10 heteroatoms. The first kappa shape index (κ1) is 22.0. The molecule has 162 valence electrons. The third-order valence-electron chi connectivity index (χ3n) is 5.53. The Morgan fingerprint density at radius 2 is 1.52 bits per heavy atom. The van der Waals surface area contributed by atoms with E-state index < -0.39 is 22.3 Å². The lowest BCUT2D eigenvalue weighted by molar-refractivity contribution is -0.167. The molecule has 1 N–H and O–H groups in total. The van der Waals surface area contributed by atoms with Gasteiger partial charge in [0.25, 0.3) is 10.2 Å². The fourth-order valence-corrected chi connectivity index (χ4v) is 5.58. The van der Waals surface area contributed by atoms with Gasteiger partial charge < -0.3 is 5.32 Å². The highest BCUT2D eigenvalue weighted by molar-refractivity contribution is 7.86. The number of amides is 1. The normalized spacial score (nSPS) is 20.5. The molecule has 2 saturated heterocycles. The summed E-state index contributed by atoms with van der Waals surface area (Å²) >= 11 is 0. The van der Waals surface area contributed by atoms with Gasteiger partial charge in [-0.3, -0.25) is 4.79 Å². The number of hydrogen-bond donors (Lipinski definition) is 1. The summed E-state index contributed by atoms with van der Waals surface area (Å²) in [5.41, 5.74) is 1.05. The zero-order valence-electron chi connectivity index (χ0n) is 16.1. The van der Waals surface area contributed by atoms with E-state index in [0.29, 0.717) is 32.1 Å². The standard InChI is InChI=1S/C19H26F3N3O3S/c20-19(21,22)18(26)23-17-6-4-15(5-7-17)14-16-8-12-25(13-9-16)29(27,28)24-10-2-1-3-11-24/h4-7,16H,1-3,8-14H2,(H,23,26). The molecule has 0 spiro atoms. The first-order valence-corrected chi connectivity index (χ1v) is 11.3. The highest BCUT2D eigenvalue weighted by atomic mass is 32.2. The Bertz CT molecular complexity index is 798. The monoisotopic (exact) mass is 433 g/mol. The Morgan fingerprint density at radius 3 is 2.07 bits per heavy atom. The summed E-state index contributed by atoms with van der Waals surface area (Å²) in [6.07, 6.45) is 0.211. The number of carbonyl (C=O) groups is 1. The summed E-state index contributed by atoms with van der Waals surface area (Å²) in [6, 6.07) is 6.30. The number of hydrogen-bond acceptors (Lipinski definition) is 3.